The molecule has 0 bridgehead atoms. The van der Waals surface area contributed by atoms with Crippen molar-refractivity contribution in [1.82, 2.24) is 9.55 Å². The Morgan fingerprint density at radius 1 is 1.70 bits per heavy atom. The van der Waals surface area contributed by atoms with Crippen molar-refractivity contribution in [2.24, 2.45) is 0 Å². The molecule has 0 radical (unpaired) electrons. The Balaban J connectivity index is 0.000000810. The molecule has 0 N–H and O–H groups in total. The number of halogens is 2. The molecule has 1 aromatic heterocycles. The largest absolute Gasteiger partial charge is 0.335 e. The van der Waals surface area contributed by atoms with E-state index in [9.17, 15) is 0 Å². The minimum absolute atomic E-state index is 0. The van der Waals surface area contributed by atoms with E-state index in [-0.39, 0.29) is 17.0 Å². The lowest BCUT2D eigenvalue weighted by molar-refractivity contribution is 0.727. The van der Waals surface area contributed by atoms with Crippen molar-refractivity contribution in [3.05, 3.63) is 18.2 Å². The lowest BCUT2D eigenvalue weighted by atomic mass is 10.6. The quantitative estimate of drug-likeness (QED) is 0.754. The molecular formula is C6H10Br2N2. The number of hydrogen-bond acceptors (Lipinski definition) is 1. The van der Waals surface area contributed by atoms with Crippen LogP contribution < -0.4 is 0 Å². The van der Waals surface area contributed by atoms with Crippen molar-refractivity contribution < 1.29 is 0 Å². The first-order valence-electron chi connectivity index (χ1n) is 2.94. The Kier molecular flexibility index (Phi) is 4.99. The number of nitrogens with zero attached hydrogens (tertiary/aromatic N) is 2. The zero-order valence-corrected chi connectivity index (χ0v) is 9.05. The zero-order chi connectivity index (χ0) is 6.69. The van der Waals surface area contributed by atoms with Gasteiger partial charge in [0.2, 0.25) is 0 Å². The zero-order valence-electron chi connectivity index (χ0n) is 5.75. The highest BCUT2D eigenvalue weighted by Crippen LogP contribution is 2.01. The van der Waals surface area contributed by atoms with Gasteiger partial charge in [-0.3, -0.25) is 0 Å². The average Bonchev–Trinajstić information content (AvgIpc) is 2.33. The van der Waals surface area contributed by atoms with Crippen LogP contribution in [0.4, 0.5) is 0 Å². The second kappa shape index (κ2) is 4.91. The van der Waals surface area contributed by atoms with E-state index in [0.717, 1.165) is 17.7 Å². The predicted octanol–water partition coefficient (Wildman–Crippen LogP) is 2.38. The molecule has 10 heavy (non-hydrogen) atoms. The molecular weight excluding hydrogens is 260 g/mol. The minimum Gasteiger partial charge on any atom is -0.335 e. The van der Waals surface area contributed by atoms with Crippen LogP contribution in [0.3, 0.4) is 0 Å². The summed E-state index contributed by atoms with van der Waals surface area (Å²) in [5, 5.41) is 0.841. The van der Waals surface area contributed by atoms with Gasteiger partial charge < -0.3 is 4.57 Å². The summed E-state index contributed by atoms with van der Waals surface area (Å²) in [6.45, 7) is 3.11. The summed E-state index contributed by atoms with van der Waals surface area (Å²) in [7, 11) is 0. The molecule has 0 saturated heterocycles. The van der Waals surface area contributed by atoms with Crippen LogP contribution >= 0.6 is 32.9 Å². The topological polar surface area (TPSA) is 17.8 Å². The summed E-state index contributed by atoms with van der Waals surface area (Å²) in [6.07, 6.45) is 3.80. The van der Waals surface area contributed by atoms with Crippen LogP contribution in [0.5, 0.6) is 0 Å². The van der Waals surface area contributed by atoms with Gasteiger partial charge in [-0.05, 0) is 6.92 Å². The summed E-state index contributed by atoms with van der Waals surface area (Å²) in [5.74, 6) is 1.09. The maximum Gasteiger partial charge on any atom is 0.119 e. The second-order valence-corrected chi connectivity index (χ2v) is 2.32. The van der Waals surface area contributed by atoms with Gasteiger partial charge in [0, 0.05) is 18.9 Å². The molecule has 2 nitrogen and oxygen atoms in total. The van der Waals surface area contributed by atoms with Crippen LogP contribution in [0.1, 0.15) is 12.7 Å². The SMILES string of the molecule is Br.CCn1ccnc1CBr. The van der Waals surface area contributed by atoms with Gasteiger partial charge in [0.05, 0.1) is 5.33 Å². The monoisotopic (exact) mass is 268 g/mol. The summed E-state index contributed by atoms with van der Waals surface area (Å²) in [5.41, 5.74) is 0. The standard InChI is InChI=1S/C6H9BrN2.BrH/c1-2-9-4-3-8-6(9)5-7;/h3-4H,2,5H2,1H3;1H. The summed E-state index contributed by atoms with van der Waals surface area (Å²) in [6, 6.07) is 0. The van der Waals surface area contributed by atoms with Crippen LogP contribution in [-0.2, 0) is 11.9 Å². The Bertz CT molecular complexity index is 167. The number of hydrogen-bond donors (Lipinski definition) is 0. The molecule has 0 atom stereocenters. The van der Waals surface area contributed by atoms with Crippen molar-refractivity contribution in [3.8, 4) is 0 Å². The van der Waals surface area contributed by atoms with E-state index < -0.39 is 0 Å². The third kappa shape index (κ3) is 2.09. The van der Waals surface area contributed by atoms with Gasteiger partial charge >= 0.3 is 0 Å². The first kappa shape index (κ1) is 10.2. The number of imidazole rings is 1. The van der Waals surface area contributed by atoms with Crippen molar-refractivity contribution in [3.63, 3.8) is 0 Å². The van der Waals surface area contributed by atoms with E-state index in [1.165, 1.54) is 0 Å². The molecule has 0 aliphatic heterocycles. The third-order valence-corrected chi connectivity index (χ3v) is 1.76. The van der Waals surface area contributed by atoms with Gasteiger partial charge in [-0.15, -0.1) is 17.0 Å². The number of aromatic nitrogens is 2. The molecule has 0 aromatic carbocycles. The molecule has 0 amide bonds. The molecule has 0 saturated carbocycles. The van der Waals surface area contributed by atoms with E-state index in [1.54, 1.807) is 0 Å². The van der Waals surface area contributed by atoms with Crippen LogP contribution in [-0.4, -0.2) is 9.55 Å². The highest BCUT2D eigenvalue weighted by molar-refractivity contribution is 9.08. The van der Waals surface area contributed by atoms with E-state index in [1.807, 2.05) is 12.4 Å². The van der Waals surface area contributed by atoms with Gasteiger partial charge in [0.25, 0.3) is 0 Å². The second-order valence-electron chi connectivity index (χ2n) is 1.76. The Morgan fingerprint density at radius 3 is 2.80 bits per heavy atom. The van der Waals surface area contributed by atoms with Crippen LogP contribution in [0.25, 0.3) is 0 Å². The Morgan fingerprint density at radius 2 is 2.40 bits per heavy atom. The van der Waals surface area contributed by atoms with Gasteiger partial charge in [-0.2, -0.15) is 0 Å². The molecule has 1 rings (SSSR count). The van der Waals surface area contributed by atoms with Gasteiger partial charge in [0.1, 0.15) is 5.82 Å². The van der Waals surface area contributed by atoms with Crippen LogP contribution in [0.2, 0.25) is 0 Å². The van der Waals surface area contributed by atoms with Crippen molar-refractivity contribution in [1.29, 1.82) is 0 Å². The lowest BCUT2D eigenvalue weighted by Gasteiger charge is -1.98. The maximum atomic E-state index is 4.12. The highest BCUT2D eigenvalue weighted by atomic mass is 79.9. The summed E-state index contributed by atoms with van der Waals surface area (Å²) >= 11 is 3.34. The van der Waals surface area contributed by atoms with Crippen molar-refractivity contribution in [2.45, 2.75) is 18.8 Å². The number of alkyl halides is 1. The molecule has 0 aliphatic carbocycles. The number of rotatable bonds is 2. The van der Waals surface area contributed by atoms with Gasteiger partial charge in [0.15, 0.2) is 0 Å². The fourth-order valence-corrected chi connectivity index (χ4v) is 1.23. The number of aryl methyl sites for hydroxylation is 1. The fourth-order valence-electron chi connectivity index (χ4n) is 0.759. The third-order valence-electron chi connectivity index (χ3n) is 1.26. The molecule has 58 valence electrons. The summed E-state index contributed by atoms with van der Waals surface area (Å²) in [4.78, 5) is 4.12. The highest BCUT2D eigenvalue weighted by Gasteiger charge is 1.95. The van der Waals surface area contributed by atoms with E-state index in [0.29, 0.717) is 0 Å². The predicted molar refractivity (Wildman–Crippen MR) is 50.9 cm³/mol. The fraction of sp³-hybridized carbons (Fsp3) is 0.500. The Hall–Kier alpha value is 0.170. The first-order valence-corrected chi connectivity index (χ1v) is 4.06. The molecule has 0 aliphatic rings. The van der Waals surface area contributed by atoms with E-state index >= 15 is 0 Å². The van der Waals surface area contributed by atoms with Crippen molar-refractivity contribution >= 4 is 32.9 Å². The van der Waals surface area contributed by atoms with Crippen molar-refractivity contribution in [2.75, 3.05) is 0 Å². The molecule has 0 unspecified atom stereocenters. The first-order chi connectivity index (χ1) is 4.38. The van der Waals surface area contributed by atoms with Crippen LogP contribution in [0, 0.1) is 0 Å². The lowest BCUT2D eigenvalue weighted by Crippen LogP contribution is -1.96. The smallest absolute Gasteiger partial charge is 0.119 e. The van der Waals surface area contributed by atoms with Gasteiger partial charge in [-0.1, -0.05) is 15.9 Å². The normalized spacial score (nSPS) is 9.00. The molecule has 0 spiro atoms. The van der Waals surface area contributed by atoms with E-state index in [2.05, 4.69) is 32.4 Å². The summed E-state index contributed by atoms with van der Waals surface area (Å²) < 4.78 is 2.11. The molecule has 4 heteroatoms. The van der Waals surface area contributed by atoms with Crippen LogP contribution in [0.15, 0.2) is 12.4 Å². The van der Waals surface area contributed by atoms with Gasteiger partial charge in [-0.25, -0.2) is 4.98 Å². The minimum atomic E-state index is 0. The Labute approximate surface area is 79.5 Å². The average molecular weight is 270 g/mol. The molecule has 1 heterocycles. The van der Waals surface area contributed by atoms with E-state index in [4.69, 9.17) is 0 Å². The molecule has 0 fully saturated rings. The maximum absolute atomic E-state index is 4.12. The molecule has 1 aromatic rings.